The Bertz CT molecular complexity index is 1190. The molecule has 14 nitrogen and oxygen atoms in total. The van der Waals surface area contributed by atoms with Crippen LogP contribution < -0.4 is 21.9 Å². The molecule has 7 N–H and O–H groups in total. The molecule has 0 spiro atoms. The molecule has 1 fully saturated rings. The van der Waals surface area contributed by atoms with Gasteiger partial charge in [-0.2, -0.15) is 0 Å². The molecule has 1 aliphatic heterocycles. The van der Waals surface area contributed by atoms with Gasteiger partial charge in [0.15, 0.2) is 12.3 Å². The molecule has 1 aliphatic rings. The van der Waals surface area contributed by atoms with E-state index in [-0.39, 0.29) is 0 Å². The number of rotatable bonds is 7. The molecule has 1 aromatic heterocycles. The van der Waals surface area contributed by atoms with E-state index in [1.54, 1.807) is 0 Å². The molecule has 0 unspecified atom stereocenters. The number of aliphatic hydroxyl groups is 2. The van der Waals surface area contributed by atoms with Crippen molar-refractivity contribution in [2.75, 3.05) is 11.9 Å². The van der Waals surface area contributed by atoms with Crippen LogP contribution in [0.4, 0.5) is 5.69 Å². The van der Waals surface area contributed by atoms with Gasteiger partial charge in [0.25, 0.3) is 11.5 Å². The van der Waals surface area contributed by atoms with Crippen molar-refractivity contribution in [2.24, 2.45) is 0 Å². The first-order chi connectivity index (χ1) is 15.4. The average Bonchev–Trinajstić information content (AvgIpc) is 3.01. The van der Waals surface area contributed by atoms with Crippen LogP contribution in [0.2, 0.25) is 0 Å². The molecule has 15 heteroatoms. The number of H-pyrrole nitrogens is 1. The van der Waals surface area contributed by atoms with Crippen LogP contribution in [0.15, 0.2) is 46.1 Å². The van der Waals surface area contributed by atoms with Crippen LogP contribution in [0, 0.1) is 0 Å². The van der Waals surface area contributed by atoms with Gasteiger partial charge in [0, 0.05) is 18.0 Å². The second-order valence-electron chi connectivity index (χ2n) is 7.23. The van der Waals surface area contributed by atoms with E-state index in [0.29, 0.717) is 11.3 Å². The van der Waals surface area contributed by atoms with Gasteiger partial charge < -0.3 is 35.4 Å². The Kier molecular flexibility index (Phi) is 7.27. The largest absolute Gasteiger partial charge is 0.387 e. The standard InChI is InChI=1S/C18H21N4O10P/c23-11-5-6-22(18(28)21-11)17-14(26)13(25)15(32-17)16(27)19-7-12(24)20-10-3-1-9(2-4-10)8-33(29,30)31/h1-6,13-15,17,25-26H,7-8H2,(H,19,27)(H,20,24)(H,21,23,28)(H2,29,30,31)/t13-,14+,15-,17+/m0/s1. The fourth-order valence-electron chi connectivity index (χ4n) is 3.14. The van der Waals surface area contributed by atoms with Crippen molar-refractivity contribution in [3.8, 4) is 0 Å². The predicted octanol–water partition coefficient (Wildman–Crippen LogP) is -2.41. The van der Waals surface area contributed by atoms with Crippen molar-refractivity contribution in [1.82, 2.24) is 14.9 Å². The van der Waals surface area contributed by atoms with E-state index >= 15 is 0 Å². The zero-order chi connectivity index (χ0) is 24.3. The summed E-state index contributed by atoms with van der Waals surface area (Å²) in [6.07, 6.45) is -5.81. The molecule has 0 aliphatic carbocycles. The summed E-state index contributed by atoms with van der Waals surface area (Å²) in [5.41, 5.74) is -0.905. The highest BCUT2D eigenvalue weighted by Gasteiger charge is 2.47. The number of aliphatic hydroxyl groups excluding tert-OH is 2. The highest BCUT2D eigenvalue weighted by atomic mass is 31.2. The van der Waals surface area contributed by atoms with Gasteiger partial charge in [-0.3, -0.25) is 28.5 Å². The fraction of sp³-hybridized carbons (Fsp3) is 0.333. The lowest BCUT2D eigenvalue weighted by molar-refractivity contribution is -0.138. The Morgan fingerprint density at radius 1 is 1.09 bits per heavy atom. The highest BCUT2D eigenvalue weighted by Crippen LogP contribution is 2.39. The van der Waals surface area contributed by atoms with E-state index in [1.807, 2.05) is 4.98 Å². The molecule has 0 saturated carbocycles. The third-order valence-electron chi connectivity index (χ3n) is 4.67. The zero-order valence-electron chi connectivity index (χ0n) is 16.8. The summed E-state index contributed by atoms with van der Waals surface area (Å²) in [4.78, 5) is 67.4. The second-order valence-corrected chi connectivity index (χ2v) is 8.88. The number of amides is 2. The van der Waals surface area contributed by atoms with E-state index in [9.17, 15) is 34.0 Å². The van der Waals surface area contributed by atoms with Gasteiger partial charge in [-0.1, -0.05) is 12.1 Å². The van der Waals surface area contributed by atoms with Crippen molar-refractivity contribution in [3.63, 3.8) is 0 Å². The number of aromatic nitrogens is 2. The maximum absolute atomic E-state index is 12.3. The molecule has 2 aromatic rings. The molecular formula is C18H21N4O10P. The number of hydrogen-bond acceptors (Lipinski definition) is 8. The van der Waals surface area contributed by atoms with Crippen molar-refractivity contribution < 1.29 is 38.9 Å². The lowest BCUT2D eigenvalue weighted by Gasteiger charge is -2.16. The van der Waals surface area contributed by atoms with Crippen LogP contribution in [-0.4, -0.2) is 66.2 Å². The Hall–Kier alpha value is -3.13. The minimum atomic E-state index is -4.22. The number of nitrogens with zero attached hydrogens (tertiary/aromatic N) is 1. The van der Waals surface area contributed by atoms with E-state index in [4.69, 9.17) is 14.5 Å². The van der Waals surface area contributed by atoms with Gasteiger partial charge in [0.05, 0.1) is 12.7 Å². The fourth-order valence-corrected chi connectivity index (χ4v) is 3.82. The van der Waals surface area contributed by atoms with Crippen LogP contribution in [0.5, 0.6) is 0 Å². The van der Waals surface area contributed by atoms with Crippen LogP contribution in [0.1, 0.15) is 11.8 Å². The minimum absolute atomic E-state index is 0.314. The lowest BCUT2D eigenvalue weighted by atomic mass is 10.1. The van der Waals surface area contributed by atoms with Gasteiger partial charge >= 0.3 is 13.3 Å². The van der Waals surface area contributed by atoms with E-state index in [1.165, 1.54) is 24.3 Å². The highest BCUT2D eigenvalue weighted by molar-refractivity contribution is 7.50. The number of carbonyl (C=O) groups excluding carboxylic acids is 2. The quantitative estimate of drug-likeness (QED) is 0.206. The molecular weight excluding hydrogens is 463 g/mol. The second kappa shape index (κ2) is 9.79. The number of aromatic amines is 1. The molecule has 3 rings (SSSR count). The smallest absolute Gasteiger partial charge is 0.330 e. The molecule has 2 amide bonds. The molecule has 2 heterocycles. The third kappa shape index (κ3) is 6.22. The van der Waals surface area contributed by atoms with Crippen molar-refractivity contribution in [2.45, 2.75) is 30.7 Å². The summed E-state index contributed by atoms with van der Waals surface area (Å²) in [6.45, 7) is -0.519. The minimum Gasteiger partial charge on any atom is -0.387 e. The maximum Gasteiger partial charge on any atom is 0.330 e. The van der Waals surface area contributed by atoms with Crippen LogP contribution >= 0.6 is 7.60 Å². The molecule has 1 aromatic carbocycles. The van der Waals surface area contributed by atoms with E-state index in [2.05, 4.69) is 10.6 Å². The first-order valence-electron chi connectivity index (χ1n) is 9.49. The monoisotopic (exact) mass is 484 g/mol. The number of benzene rings is 1. The van der Waals surface area contributed by atoms with E-state index < -0.39 is 67.9 Å². The Balaban J connectivity index is 1.55. The van der Waals surface area contributed by atoms with E-state index in [0.717, 1.165) is 16.8 Å². The molecule has 33 heavy (non-hydrogen) atoms. The van der Waals surface area contributed by atoms with Gasteiger partial charge in [-0.25, -0.2) is 4.79 Å². The topological polar surface area (TPSA) is 220 Å². The molecule has 0 radical (unpaired) electrons. The lowest BCUT2D eigenvalue weighted by Crippen LogP contribution is -2.45. The van der Waals surface area contributed by atoms with Crippen LogP contribution in [0.25, 0.3) is 0 Å². The third-order valence-corrected chi connectivity index (χ3v) is 5.45. The summed E-state index contributed by atoms with van der Waals surface area (Å²) in [6, 6.07) is 6.71. The summed E-state index contributed by atoms with van der Waals surface area (Å²) >= 11 is 0. The number of nitrogens with one attached hydrogen (secondary N) is 3. The average molecular weight is 484 g/mol. The van der Waals surface area contributed by atoms with Gasteiger partial charge in [0.2, 0.25) is 5.91 Å². The Morgan fingerprint density at radius 2 is 1.76 bits per heavy atom. The molecule has 1 saturated heterocycles. The van der Waals surface area contributed by atoms with Gasteiger partial charge in [-0.15, -0.1) is 0 Å². The number of carbonyl (C=O) groups is 2. The van der Waals surface area contributed by atoms with Gasteiger partial charge in [-0.05, 0) is 17.7 Å². The Labute approximate surface area is 185 Å². The first kappa shape index (κ1) is 24.5. The van der Waals surface area contributed by atoms with Crippen LogP contribution in [0.3, 0.4) is 0 Å². The predicted molar refractivity (Wildman–Crippen MR) is 111 cm³/mol. The number of hydrogen-bond donors (Lipinski definition) is 7. The van der Waals surface area contributed by atoms with Gasteiger partial charge in [0.1, 0.15) is 12.2 Å². The number of anilines is 1. The van der Waals surface area contributed by atoms with Crippen LogP contribution in [-0.2, 0) is 25.1 Å². The molecule has 0 bridgehead atoms. The zero-order valence-corrected chi connectivity index (χ0v) is 17.7. The summed E-state index contributed by atoms with van der Waals surface area (Å²) in [5, 5.41) is 25.0. The number of ether oxygens (including phenoxy) is 1. The maximum atomic E-state index is 12.3. The van der Waals surface area contributed by atoms with Crippen molar-refractivity contribution in [1.29, 1.82) is 0 Å². The summed E-state index contributed by atoms with van der Waals surface area (Å²) < 4.78 is 17.1. The first-order valence-corrected chi connectivity index (χ1v) is 11.3. The normalized spacial score (nSPS) is 22.7. The Morgan fingerprint density at radius 3 is 2.36 bits per heavy atom. The van der Waals surface area contributed by atoms with Crippen molar-refractivity contribution in [3.05, 3.63) is 62.9 Å². The summed E-state index contributed by atoms with van der Waals surface area (Å²) in [7, 11) is -4.22. The SMILES string of the molecule is O=C(CNC(=O)[C@H]1O[C@@H](n2ccc(=O)[nH]c2=O)[C@H](O)[C@@H]1O)Nc1ccc(CP(=O)(O)O)cc1. The summed E-state index contributed by atoms with van der Waals surface area (Å²) in [5.74, 6) is -1.57. The molecule has 178 valence electrons. The van der Waals surface area contributed by atoms with Crippen molar-refractivity contribution >= 4 is 25.1 Å². The molecule has 4 atom stereocenters.